The lowest BCUT2D eigenvalue weighted by Gasteiger charge is -2.18. The number of rotatable bonds is 4. The highest BCUT2D eigenvalue weighted by atomic mass is 14.7. The van der Waals surface area contributed by atoms with Crippen LogP contribution >= 0.6 is 0 Å². The molecular formula is C42H26N2. The normalized spacial score (nSPS) is 11.6. The molecule has 0 radical (unpaired) electrons. The molecule has 0 bridgehead atoms. The molecular weight excluding hydrogens is 532 g/mol. The lowest BCUT2D eigenvalue weighted by molar-refractivity contribution is 1.33. The van der Waals surface area contributed by atoms with Crippen molar-refractivity contribution in [1.82, 2.24) is 9.97 Å². The van der Waals surface area contributed by atoms with E-state index in [1.165, 1.54) is 54.2 Å². The van der Waals surface area contributed by atoms with Gasteiger partial charge in [0, 0.05) is 34.6 Å². The van der Waals surface area contributed by atoms with Crippen LogP contribution in [-0.2, 0) is 0 Å². The van der Waals surface area contributed by atoms with Crippen molar-refractivity contribution >= 4 is 43.1 Å². The van der Waals surface area contributed by atoms with E-state index in [1.807, 2.05) is 24.5 Å². The number of pyridine rings is 2. The van der Waals surface area contributed by atoms with Crippen molar-refractivity contribution in [3.05, 3.63) is 158 Å². The van der Waals surface area contributed by atoms with E-state index in [1.54, 1.807) is 0 Å². The molecule has 9 rings (SSSR count). The first-order valence-electron chi connectivity index (χ1n) is 15.0. The van der Waals surface area contributed by atoms with Crippen LogP contribution in [-0.4, -0.2) is 9.97 Å². The van der Waals surface area contributed by atoms with Crippen LogP contribution in [0.5, 0.6) is 0 Å². The van der Waals surface area contributed by atoms with Crippen molar-refractivity contribution in [3.8, 4) is 44.8 Å². The van der Waals surface area contributed by atoms with Crippen LogP contribution in [0.3, 0.4) is 0 Å². The Kier molecular flexibility index (Phi) is 5.54. The van der Waals surface area contributed by atoms with Crippen molar-refractivity contribution < 1.29 is 0 Å². The third kappa shape index (κ3) is 3.82. The topological polar surface area (TPSA) is 25.8 Å². The molecule has 0 aliphatic rings. The summed E-state index contributed by atoms with van der Waals surface area (Å²) >= 11 is 0. The fourth-order valence-corrected chi connectivity index (χ4v) is 6.88. The van der Waals surface area contributed by atoms with E-state index in [0.717, 1.165) is 33.6 Å². The van der Waals surface area contributed by atoms with Gasteiger partial charge in [-0.1, -0.05) is 133 Å². The molecule has 0 saturated heterocycles. The highest BCUT2D eigenvalue weighted by Crippen LogP contribution is 2.45. The summed E-state index contributed by atoms with van der Waals surface area (Å²) in [5.41, 5.74) is 8.88. The first kappa shape index (κ1) is 24.7. The maximum absolute atomic E-state index is 4.83. The Morgan fingerprint density at radius 3 is 1.09 bits per heavy atom. The van der Waals surface area contributed by atoms with E-state index in [4.69, 9.17) is 9.97 Å². The minimum absolute atomic E-state index is 0.985. The minimum atomic E-state index is 0.985. The monoisotopic (exact) mass is 558 g/mol. The van der Waals surface area contributed by atoms with Gasteiger partial charge in [-0.3, -0.25) is 9.97 Å². The number of aromatic nitrogens is 2. The van der Waals surface area contributed by atoms with Gasteiger partial charge in [-0.2, -0.15) is 0 Å². The SMILES string of the molecule is c1ccc(-c2ccc(-c3ccc4c5cccc6c(-c7ccc(-c8ccccc8)nc7)ccc(c7cccc3c74)c65)cn2)cc1. The summed E-state index contributed by atoms with van der Waals surface area (Å²) < 4.78 is 0. The van der Waals surface area contributed by atoms with E-state index in [9.17, 15) is 0 Å². The third-order valence-electron chi connectivity index (χ3n) is 8.95. The fraction of sp³-hybridized carbons (Fsp3) is 0. The molecule has 0 atom stereocenters. The van der Waals surface area contributed by atoms with Crippen LogP contribution in [0.1, 0.15) is 0 Å². The van der Waals surface area contributed by atoms with Gasteiger partial charge in [-0.25, -0.2) is 0 Å². The summed E-state index contributed by atoms with van der Waals surface area (Å²) in [4.78, 5) is 9.67. The van der Waals surface area contributed by atoms with Gasteiger partial charge >= 0.3 is 0 Å². The summed E-state index contributed by atoms with van der Waals surface area (Å²) in [6, 6.07) is 51.9. The zero-order valence-corrected chi connectivity index (χ0v) is 23.9. The maximum Gasteiger partial charge on any atom is 0.0702 e. The molecule has 2 heterocycles. The second-order valence-electron chi connectivity index (χ2n) is 11.4. The Hall–Kier alpha value is -5.86. The van der Waals surface area contributed by atoms with Gasteiger partial charge in [-0.05, 0) is 66.3 Å². The summed E-state index contributed by atoms with van der Waals surface area (Å²) in [6.45, 7) is 0. The van der Waals surface area contributed by atoms with Crippen LogP contribution in [0, 0.1) is 0 Å². The molecule has 2 nitrogen and oxygen atoms in total. The van der Waals surface area contributed by atoms with E-state index < -0.39 is 0 Å². The smallest absolute Gasteiger partial charge is 0.0702 e. The van der Waals surface area contributed by atoms with Crippen molar-refractivity contribution in [1.29, 1.82) is 0 Å². The van der Waals surface area contributed by atoms with Crippen molar-refractivity contribution in [3.63, 3.8) is 0 Å². The molecule has 0 aliphatic carbocycles. The Balaban J connectivity index is 1.21. The van der Waals surface area contributed by atoms with Crippen molar-refractivity contribution in [2.24, 2.45) is 0 Å². The van der Waals surface area contributed by atoms with Gasteiger partial charge in [-0.15, -0.1) is 0 Å². The molecule has 0 spiro atoms. The number of fused-ring (bicyclic) bond motifs is 2. The van der Waals surface area contributed by atoms with E-state index in [2.05, 4.69) is 133 Å². The molecule has 0 N–H and O–H groups in total. The Labute approximate surface area is 255 Å². The van der Waals surface area contributed by atoms with Gasteiger partial charge in [0.05, 0.1) is 11.4 Å². The third-order valence-corrected chi connectivity index (χ3v) is 8.95. The molecule has 0 unspecified atom stereocenters. The van der Waals surface area contributed by atoms with Crippen LogP contribution < -0.4 is 0 Å². The first-order valence-corrected chi connectivity index (χ1v) is 15.0. The first-order chi connectivity index (χ1) is 21.8. The van der Waals surface area contributed by atoms with E-state index >= 15 is 0 Å². The van der Waals surface area contributed by atoms with Gasteiger partial charge in [0.1, 0.15) is 0 Å². The van der Waals surface area contributed by atoms with Gasteiger partial charge in [0.2, 0.25) is 0 Å². The molecule has 9 aromatic rings. The van der Waals surface area contributed by atoms with Crippen LogP contribution in [0.2, 0.25) is 0 Å². The number of hydrogen-bond acceptors (Lipinski definition) is 2. The van der Waals surface area contributed by atoms with Gasteiger partial charge in [0.15, 0.2) is 0 Å². The van der Waals surface area contributed by atoms with Crippen molar-refractivity contribution in [2.45, 2.75) is 0 Å². The largest absolute Gasteiger partial charge is 0.256 e. The average Bonchev–Trinajstić information content (AvgIpc) is 3.11. The summed E-state index contributed by atoms with van der Waals surface area (Å²) in [5.74, 6) is 0. The molecule has 2 aromatic heterocycles. The van der Waals surface area contributed by atoms with Gasteiger partial charge < -0.3 is 0 Å². The highest BCUT2D eigenvalue weighted by Gasteiger charge is 2.17. The highest BCUT2D eigenvalue weighted by molar-refractivity contribution is 6.35. The van der Waals surface area contributed by atoms with Gasteiger partial charge in [0.25, 0.3) is 0 Å². The molecule has 2 heteroatoms. The molecule has 0 fully saturated rings. The minimum Gasteiger partial charge on any atom is -0.256 e. The molecule has 44 heavy (non-hydrogen) atoms. The summed E-state index contributed by atoms with van der Waals surface area (Å²) in [6.07, 6.45) is 4.01. The van der Waals surface area contributed by atoms with E-state index in [0.29, 0.717) is 0 Å². The summed E-state index contributed by atoms with van der Waals surface area (Å²) in [7, 11) is 0. The van der Waals surface area contributed by atoms with Crippen LogP contribution in [0.25, 0.3) is 87.9 Å². The Morgan fingerprint density at radius 2 is 0.682 bits per heavy atom. The lowest BCUT2D eigenvalue weighted by atomic mass is 9.85. The van der Waals surface area contributed by atoms with Crippen LogP contribution in [0.4, 0.5) is 0 Å². The predicted molar refractivity (Wildman–Crippen MR) is 185 cm³/mol. The maximum atomic E-state index is 4.83. The quantitative estimate of drug-likeness (QED) is 0.159. The molecule has 0 aliphatic heterocycles. The zero-order valence-electron chi connectivity index (χ0n) is 23.9. The second-order valence-corrected chi connectivity index (χ2v) is 11.4. The number of benzene rings is 7. The molecule has 0 amide bonds. The Morgan fingerprint density at radius 1 is 0.273 bits per heavy atom. The summed E-state index contributed by atoms with van der Waals surface area (Å²) in [5, 5.41) is 10.2. The predicted octanol–water partition coefficient (Wildman–Crippen LogP) is 11.2. The molecule has 7 aromatic carbocycles. The van der Waals surface area contributed by atoms with Crippen molar-refractivity contribution in [2.75, 3.05) is 0 Å². The molecule has 0 saturated carbocycles. The second kappa shape index (κ2) is 9.86. The number of nitrogens with zero attached hydrogens (tertiary/aromatic N) is 2. The van der Waals surface area contributed by atoms with E-state index in [-0.39, 0.29) is 0 Å². The fourth-order valence-electron chi connectivity index (χ4n) is 6.88. The lowest BCUT2D eigenvalue weighted by Crippen LogP contribution is -1.91. The average molecular weight is 559 g/mol. The molecule has 204 valence electrons. The van der Waals surface area contributed by atoms with Crippen LogP contribution in [0.15, 0.2) is 158 Å². The standard InChI is InChI=1S/C42H26N2/c1-3-9-27(10-4-1)39-23-17-29(25-43-39)31-19-21-37-36-16-8-14-34-32(30-18-24-40(44-26-30)28-11-5-2-6-12-28)20-22-38(42(34)36)35-15-7-13-33(31)41(35)37/h1-26H. The number of hydrogen-bond donors (Lipinski definition) is 0. The zero-order chi connectivity index (χ0) is 29.0. The Bertz CT molecular complexity index is 2250.